The molecular weight excluding hydrogens is 362 g/mol. The third-order valence-corrected chi connectivity index (χ3v) is 3.10. The van der Waals surface area contributed by atoms with Gasteiger partial charge in [-0.05, 0) is 28.5 Å². The van der Waals surface area contributed by atoms with E-state index >= 15 is 0 Å². The maximum absolute atomic E-state index is 11.9. The molecule has 0 aromatic carbocycles. The minimum atomic E-state index is -4.35. The molecular formula is C10H13F3IN3O. The lowest BCUT2D eigenvalue weighted by Gasteiger charge is -2.12. The van der Waals surface area contributed by atoms with Crippen molar-refractivity contribution in [2.75, 3.05) is 12.3 Å². The summed E-state index contributed by atoms with van der Waals surface area (Å²) in [4.78, 5) is 8.06. The van der Waals surface area contributed by atoms with Crippen molar-refractivity contribution in [1.29, 1.82) is 0 Å². The number of nitrogens with two attached hydrogens (primary N) is 1. The van der Waals surface area contributed by atoms with E-state index < -0.39 is 12.8 Å². The maximum Gasteiger partial charge on any atom is 0.411 e. The highest BCUT2D eigenvalue weighted by atomic mass is 127. The molecule has 0 saturated heterocycles. The molecule has 0 spiro atoms. The van der Waals surface area contributed by atoms with Crippen LogP contribution >= 0.6 is 22.6 Å². The van der Waals surface area contributed by atoms with E-state index in [9.17, 15) is 13.2 Å². The third-order valence-electron chi connectivity index (χ3n) is 1.99. The Morgan fingerprint density at radius 3 is 2.44 bits per heavy atom. The van der Waals surface area contributed by atoms with E-state index in [2.05, 4.69) is 14.7 Å². The predicted molar refractivity (Wildman–Crippen MR) is 69.0 cm³/mol. The van der Waals surface area contributed by atoms with Gasteiger partial charge in [-0.15, -0.1) is 0 Å². The molecule has 4 nitrogen and oxygen atoms in total. The number of alkyl halides is 3. The topological polar surface area (TPSA) is 61.0 Å². The quantitative estimate of drug-likeness (QED) is 0.823. The molecule has 2 N–H and O–H groups in total. The van der Waals surface area contributed by atoms with Crippen molar-refractivity contribution in [3.63, 3.8) is 0 Å². The molecule has 1 heterocycles. The number of halogens is 4. The molecule has 0 aliphatic carbocycles. The van der Waals surface area contributed by atoms with Crippen LogP contribution in [0.15, 0.2) is 0 Å². The van der Waals surface area contributed by atoms with Crippen LogP contribution in [0.2, 0.25) is 0 Å². The minimum absolute atomic E-state index is 0.114. The number of nitrogen functional groups attached to an aromatic ring is 1. The van der Waals surface area contributed by atoms with E-state index in [4.69, 9.17) is 5.73 Å². The average Bonchev–Trinajstić information content (AvgIpc) is 2.20. The fourth-order valence-corrected chi connectivity index (χ4v) is 2.10. The fraction of sp³-hybridized carbons (Fsp3) is 0.600. The van der Waals surface area contributed by atoms with Crippen molar-refractivity contribution >= 4 is 28.4 Å². The highest BCUT2D eigenvalue weighted by Gasteiger charge is 2.27. The molecule has 0 saturated carbocycles. The molecule has 0 aliphatic heterocycles. The first kappa shape index (κ1) is 15.4. The Kier molecular flexibility index (Phi) is 5.14. The van der Waals surface area contributed by atoms with Crippen molar-refractivity contribution in [3.05, 3.63) is 15.1 Å². The summed E-state index contributed by atoms with van der Waals surface area (Å²) in [5, 5.41) is 0. The number of aromatic nitrogens is 2. The number of hydrogen-bond donors (Lipinski definition) is 1. The zero-order valence-electron chi connectivity index (χ0n) is 9.88. The Hall–Kier alpha value is -0.640. The van der Waals surface area contributed by atoms with Gasteiger partial charge in [-0.1, -0.05) is 13.8 Å². The Morgan fingerprint density at radius 1 is 1.33 bits per heavy atom. The van der Waals surface area contributed by atoms with Gasteiger partial charge >= 0.3 is 6.18 Å². The lowest BCUT2D eigenvalue weighted by Crippen LogP contribution is -2.18. The number of nitrogens with zero attached hydrogens (tertiary/aromatic N) is 2. The summed E-state index contributed by atoms with van der Waals surface area (Å²) >= 11 is 2.02. The van der Waals surface area contributed by atoms with E-state index in [-0.39, 0.29) is 24.2 Å². The second-order valence-electron chi connectivity index (χ2n) is 3.99. The van der Waals surface area contributed by atoms with Crippen LogP contribution < -0.4 is 5.73 Å². The van der Waals surface area contributed by atoms with Gasteiger partial charge in [-0.25, -0.2) is 9.97 Å². The smallest absolute Gasteiger partial charge is 0.383 e. The molecule has 0 unspecified atom stereocenters. The van der Waals surface area contributed by atoms with Gasteiger partial charge in [0.15, 0.2) is 5.82 Å². The Balaban J connectivity index is 2.78. The molecule has 0 amide bonds. The normalized spacial score (nSPS) is 12.2. The van der Waals surface area contributed by atoms with Crippen molar-refractivity contribution in [2.24, 2.45) is 0 Å². The molecule has 1 aromatic rings. The lowest BCUT2D eigenvalue weighted by atomic mass is 10.1. The Labute approximate surface area is 116 Å². The van der Waals surface area contributed by atoms with Crippen molar-refractivity contribution in [2.45, 2.75) is 32.5 Å². The van der Waals surface area contributed by atoms with Gasteiger partial charge < -0.3 is 10.5 Å². The van der Waals surface area contributed by atoms with Crippen molar-refractivity contribution < 1.29 is 17.9 Å². The van der Waals surface area contributed by atoms with E-state index in [0.29, 0.717) is 5.69 Å². The summed E-state index contributed by atoms with van der Waals surface area (Å²) in [6.45, 7) is 2.22. The summed E-state index contributed by atoms with van der Waals surface area (Å²) in [7, 11) is 0. The summed E-state index contributed by atoms with van der Waals surface area (Å²) < 4.78 is 41.0. The monoisotopic (exact) mass is 375 g/mol. The van der Waals surface area contributed by atoms with Gasteiger partial charge in [0.05, 0.1) is 9.26 Å². The first-order valence-electron chi connectivity index (χ1n) is 5.17. The second kappa shape index (κ2) is 6.00. The van der Waals surface area contributed by atoms with Gasteiger partial charge in [0.2, 0.25) is 0 Å². The zero-order chi connectivity index (χ0) is 13.9. The Bertz CT molecular complexity index is 424. The van der Waals surface area contributed by atoms with Gasteiger partial charge in [0, 0.05) is 0 Å². The van der Waals surface area contributed by atoms with Crippen LogP contribution in [-0.4, -0.2) is 22.8 Å². The summed E-state index contributed by atoms with van der Waals surface area (Å²) in [6, 6.07) is 0. The molecule has 1 rings (SSSR count). The van der Waals surface area contributed by atoms with Crippen LogP contribution in [0, 0.1) is 3.57 Å². The van der Waals surface area contributed by atoms with Crippen LogP contribution in [0.5, 0.6) is 0 Å². The van der Waals surface area contributed by atoms with Crippen LogP contribution in [-0.2, 0) is 11.3 Å². The molecule has 0 atom stereocenters. The standard InChI is InChI=1S/C10H13F3IN3O/c1-5(2)8-7(14)9(15)17-6(16-8)3-18-4-10(11,12)13/h5H,3-4H2,1-2H3,(H2,15,16,17). The molecule has 0 fully saturated rings. The van der Waals surface area contributed by atoms with Crippen LogP contribution in [0.1, 0.15) is 31.3 Å². The maximum atomic E-state index is 11.9. The van der Waals surface area contributed by atoms with Crippen LogP contribution in [0.25, 0.3) is 0 Å². The molecule has 0 bridgehead atoms. The largest absolute Gasteiger partial charge is 0.411 e. The second-order valence-corrected chi connectivity index (χ2v) is 5.07. The third kappa shape index (κ3) is 4.56. The first-order chi connectivity index (χ1) is 8.20. The predicted octanol–water partition coefficient (Wildman–Crippen LogP) is 2.87. The van der Waals surface area contributed by atoms with Crippen LogP contribution in [0.4, 0.5) is 19.0 Å². The Morgan fingerprint density at radius 2 is 1.94 bits per heavy atom. The number of rotatable bonds is 4. The zero-order valence-corrected chi connectivity index (χ0v) is 12.0. The van der Waals surface area contributed by atoms with Crippen molar-refractivity contribution in [1.82, 2.24) is 9.97 Å². The summed E-state index contributed by atoms with van der Waals surface area (Å²) in [6.07, 6.45) is -4.35. The SMILES string of the molecule is CC(C)c1nc(COCC(F)(F)F)nc(N)c1I. The van der Waals surface area contributed by atoms with Gasteiger partial charge in [0.25, 0.3) is 0 Å². The molecule has 18 heavy (non-hydrogen) atoms. The molecule has 0 radical (unpaired) electrons. The van der Waals surface area contributed by atoms with Gasteiger partial charge in [0.1, 0.15) is 19.0 Å². The number of hydrogen-bond acceptors (Lipinski definition) is 4. The van der Waals surface area contributed by atoms with Gasteiger partial charge in [-0.2, -0.15) is 13.2 Å². The molecule has 8 heteroatoms. The van der Waals surface area contributed by atoms with E-state index in [1.54, 1.807) is 0 Å². The molecule has 1 aromatic heterocycles. The van der Waals surface area contributed by atoms with Gasteiger partial charge in [-0.3, -0.25) is 0 Å². The van der Waals surface area contributed by atoms with Crippen molar-refractivity contribution in [3.8, 4) is 0 Å². The van der Waals surface area contributed by atoms with E-state index in [0.717, 1.165) is 3.57 Å². The number of ether oxygens (including phenoxy) is 1. The van der Waals surface area contributed by atoms with Crippen LogP contribution in [0.3, 0.4) is 0 Å². The average molecular weight is 375 g/mol. The minimum Gasteiger partial charge on any atom is -0.383 e. The summed E-state index contributed by atoms with van der Waals surface area (Å²) in [5.74, 6) is 0.546. The summed E-state index contributed by atoms with van der Waals surface area (Å²) in [5.41, 5.74) is 6.40. The first-order valence-corrected chi connectivity index (χ1v) is 6.25. The van der Waals surface area contributed by atoms with E-state index in [1.165, 1.54) is 0 Å². The number of anilines is 1. The highest BCUT2D eigenvalue weighted by Crippen LogP contribution is 2.23. The van der Waals surface area contributed by atoms with E-state index in [1.807, 2.05) is 36.4 Å². The molecule has 102 valence electrons. The highest BCUT2D eigenvalue weighted by molar-refractivity contribution is 14.1. The fourth-order valence-electron chi connectivity index (χ4n) is 1.24. The lowest BCUT2D eigenvalue weighted by molar-refractivity contribution is -0.177. The molecule has 0 aliphatic rings.